The zero-order valence-electron chi connectivity index (χ0n) is 14.5. The largest absolute Gasteiger partial charge is 0.354 e. The Morgan fingerprint density at radius 3 is 2.56 bits per heavy atom. The second kappa shape index (κ2) is 9.53. The fraction of sp³-hybridized carbons (Fsp3) is 0.353. The lowest BCUT2D eigenvalue weighted by atomic mass is 10.2. The predicted molar refractivity (Wildman–Crippen MR) is 106 cm³/mol. The number of hydrogen-bond donors (Lipinski definition) is 2. The van der Waals surface area contributed by atoms with Crippen molar-refractivity contribution in [2.45, 2.75) is 13.5 Å². The van der Waals surface area contributed by atoms with Gasteiger partial charge >= 0.3 is 0 Å². The number of carbonyl (C=O) groups is 1. The van der Waals surface area contributed by atoms with Crippen molar-refractivity contribution in [1.29, 1.82) is 0 Å². The molecule has 2 rings (SSSR count). The normalized spacial score (nSPS) is 11.3. The van der Waals surface area contributed by atoms with E-state index in [1.807, 2.05) is 31.0 Å². The first-order chi connectivity index (χ1) is 12.0. The summed E-state index contributed by atoms with van der Waals surface area (Å²) in [6.45, 7) is 3.70. The number of thiazole rings is 1. The van der Waals surface area contributed by atoms with Crippen LogP contribution >= 0.6 is 27.3 Å². The van der Waals surface area contributed by atoms with E-state index < -0.39 is 0 Å². The summed E-state index contributed by atoms with van der Waals surface area (Å²) < 4.78 is 1.06. The number of benzene rings is 1. The van der Waals surface area contributed by atoms with Gasteiger partial charge in [-0.15, -0.1) is 11.3 Å². The van der Waals surface area contributed by atoms with Crippen molar-refractivity contribution in [2.75, 3.05) is 27.2 Å². The van der Waals surface area contributed by atoms with Crippen molar-refractivity contribution in [3.63, 3.8) is 0 Å². The number of aryl methyl sites for hydroxylation is 1. The van der Waals surface area contributed by atoms with Gasteiger partial charge in [-0.2, -0.15) is 0 Å². The molecule has 1 amide bonds. The highest BCUT2D eigenvalue weighted by Gasteiger charge is 2.11. The Morgan fingerprint density at radius 2 is 1.96 bits per heavy atom. The minimum absolute atomic E-state index is 0.0833. The molecule has 2 aromatic rings. The zero-order chi connectivity index (χ0) is 18.2. The van der Waals surface area contributed by atoms with E-state index in [-0.39, 0.29) is 5.91 Å². The van der Waals surface area contributed by atoms with E-state index in [9.17, 15) is 4.79 Å². The summed E-state index contributed by atoms with van der Waals surface area (Å²) in [6, 6.07) is 8.20. The van der Waals surface area contributed by atoms with Crippen LogP contribution in [0.1, 0.15) is 20.9 Å². The lowest BCUT2D eigenvalue weighted by Crippen LogP contribution is -2.42. The number of rotatable bonds is 6. The van der Waals surface area contributed by atoms with E-state index >= 15 is 0 Å². The highest BCUT2D eigenvalue weighted by Crippen LogP contribution is 2.12. The minimum Gasteiger partial charge on any atom is -0.354 e. The van der Waals surface area contributed by atoms with Crippen molar-refractivity contribution < 1.29 is 4.79 Å². The molecule has 0 fully saturated rings. The van der Waals surface area contributed by atoms with Gasteiger partial charge in [-0.25, -0.2) is 4.98 Å². The van der Waals surface area contributed by atoms with Gasteiger partial charge in [0.15, 0.2) is 5.96 Å². The Morgan fingerprint density at radius 1 is 1.28 bits per heavy atom. The zero-order valence-corrected chi connectivity index (χ0v) is 16.9. The number of aliphatic imine (C=N–C) groups is 1. The molecule has 8 heteroatoms. The third kappa shape index (κ3) is 5.82. The molecule has 0 radical (unpaired) electrons. The fourth-order valence-electron chi connectivity index (χ4n) is 2.27. The first kappa shape index (κ1) is 19.4. The number of halogens is 1. The third-order valence-corrected chi connectivity index (χ3v) is 5.01. The number of aromatic nitrogens is 1. The summed E-state index contributed by atoms with van der Waals surface area (Å²) >= 11 is 4.79. The van der Waals surface area contributed by atoms with Crippen molar-refractivity contribution in [1.82, 2.24) is 20.5 Å². The van der Waals surface area contributed by atoms with Gasteiger partial charge in [-0.1, -0.05) is 28.1 Å². The molecule has 1 heterocycles. The van der Waals surface area contributed by atoms with Crippen LogP contribution in [0.2, 0.25) is 0 Å². The third-order valence-electron chi connectivity index (χ3n) is 3.55. The average Bonchev–Trinajstić information content (AvgIpc) is 3.03. The molecule has 0 saturated heterocycles. The Balaban J connectivity index is 1.77. The van der Waals surface area contributed by atoms with Crippen LogP contribution < -0.4 is 10.6 Å². The number of amides is 1. The van der Waals surface area contributed by atoms with Gasteiger partial charge in [-0.3, -0.25) is 9.79 Å². The van der Waals surface area contributed by atoms with Gasteiger partial charge in [0.2, 0.25) is 0 Å². The van der Waals surface area contributed by atoms with Crippen molar-refractivity contribution >= 4 is 39.1 Å². The predicted octanol–water partition coefficient (Wildman–Crippen LogP) is 2.65. The average molecular weight is 424 g/mol. The second-order valence-corrected chi connectivity index (χ2v) is 7.25. The molecule has 0 unspecified atom stereocenters. The molecular weight excluding hydrogens is 402 g/mol. The van der Waals surface area contributed by atoms with Gasteiger partial charge in [0.1, 0.15) is 4.88 Å². The summed E-state index contributed by atoms with van der Waals surface area (Å²) in [5.74, 6) is 0.700. The van der Waals surface area contributed by atoms with Crippen LogP contribution in [0.4, 0.5) is 0 Å². The fourth-order valence-corrected chi connectivity index (χ4v) is 3.26. The first-order valence-electron chi connectivity index (χ1n) is 7.85. The molecule has 0 aliphatic rings. The maximum absolute atomic E-state index is 12.0. The summed E-state index contributed by atoms with van der Waals surface area (Å²) in [4.78, 5) is 23.1. The molecule has 0 bridgehead atoms. The number of hydrogen-bond acceptors (Lipinski definition) is 4. The van der Waals surface area contributed by atoms with E-state index in [4.69, 9.17) is 0 Å². The van der Waals surface area contributed by atoms with Crippen LogP contribution in [0, 0.1) is 6.92 Å². The van der Waals surface area contributed by atoms with Crippen molar-refractivity contribution in [3.05, 3.63) is 50.4 Å². The van der Waals surface area contributed by atoms with Crippen LogP contribution in [0.25, 0.3) is 0 Å². The number of guanidine groups is 1. The minimum atomic E-state index is -0.0833. The highest BCUT2D eigenvalue weighted by atomic mass is 79.9. The second-order valence-electron chi connectivity index (χ2n) is 5.48. The maximum Gasteiger partial charge on any atom is 0.263 e. The lowest BCUT2D eigenvalue weighted by molar-refractivity contribution is 0.0957. The van der Waals surface area contributed by atoms with Crippen LogP contribution in [0.5, 0.6) is 0 Å². The molecule has 1 aromatic carbocycles. The van der Waals surface area contributed by atoms with Gasteiger partial charge in [0, 0.05) is 38.2 Å². The summed E-state index contributed by atoms with van der Waals surface area (Å²) in [5.41, 5.74) is 3.64. The Hall–Kier alpha value is -1.93. The molecule has 1 aromatic heterocycles. The van der Waals surface area contributed by atoms with E-state index in [1.54, 1.807) is 12.6 Å². The molecule has 0 atom stereocenters. The highest BCUT2D eigenvalue weighted by molar-refractivity contribution is 9.10. The number of carbonyl (C=O) groups excluding carboxylic acids is 1. The Kier molecular flexibility index (Phi) is 7.39. The van der Waals surface area contributed by atoms with Crippen LogP contribution in [0.3, 0.4) is 0 Å². The van der Waals surface area contributed by atoms with Gasteiger partial charge < -0.3 is 15.5 Å². The molecule has 0 saturated carbocycles. The summed E-state index contributed by atoms with van der Waals surface area (Å²) in [6.07, 6.45) is 0. The standard InChI is InChI=1S/C17H22BrN5OS/c1-12-15(25-11-22-12)16(24)20-8-9-21-17(19-2)23(3)10-13-4-6-14(18)7-5-13/h4-7,11H,8-10H2,1-3H3,(H,19,21)(H,20,24). The van der Waals surface area contributed by atoms with E-state index in [1.165, 1.54) is 16.9 Å². The number of nitrogens with zero attached hydrogens (tertiary/aromatic N) is 3. The Labute approximate surface area is 160 Å². The topological polar surface area (TPSA) is 69.6 Å². The lowest BCUT2D eigenvalue weighted by Gasteiger charge is -2.22. The quantitative estimate of drug-likeness (QED) is 0.425. The van der Waals surface area contributed by atoms with Gasteiger partial charge in [0.05, 0.1) is 11.2 Å². The molecule has 2 N–H and O–H groups in total. The molecule has 25 heavy (non-hydrogen) atoms. The van der Waals surface area contributed by atoms with Crippen LogP contribution in [-0.4, -0.2) is 48.9 Å². The molecule has 0 aliphatic heterocycles. The monoisotopic (exact) mass is 423 g/mol. The smallest absolute Gasteiger partial charge is 0.263 e. The molecular formula is C17H22BrN5OS. The van der Waals surface area contributed by atoms with E-state index in [2.05, 4.69) is 48.7 Å². The van der Waals surface area contributed by atoms with E-state index in [0.717, 1.165) is 22.7 Å². The van der Waals surface area contributed by atoms with Gasteiger partial charge in [0.25, 0.3) is 5.91 Å². The van der Waals surface area contributed by atoms with Gasteiger partial charge in [-0.05, 0) is 24.6 Å². The number of nitrogens with one attached hydrogen (secondary N) is 2. The summed E-state index contributed by atoms with van der Waals surface area (Å²) in [5, 5.41) is 6.15. The van der Waals surface area contributed by atoms with E-state index in [0.29, 0.717) is 18.0 Å². The van der Waals surface area contributed by atoms with Crippen LogP contribution in [-0.2, 0) is 6.54 Å². The van der Waals surface area contributed by atoms with Crippen molar-refractivity contribution in [3.8, 4) is 0 Å². The first-order valence-corrected chi connectivity index (χ1v) is 9.53. The van der Waals surface area contributed by atoms with Crippen molar-refractivity contribution in [2.24, 2.45) is 4.99 Å². The molecule has 134 valence electrons. The SMILES string of the molecule is CN=C(NCCNC(=O)c1scnc1C)N(C)Cc1ccc(Br)cc1. The maximum atomic E-state index is 12.0. The molecule has 6 nitrogen and oxygen atoms in total. The molecule has 0 aliphatic carbocycles. The summed E-state index contributed by atoms with van der Waals surface area (Å²) in [7, 11) is 3.73. The Bertz CT molecular complexity index is 729. The molecule has 0 spiro atoms. The van der Waals surface area contributed by atoms with Crippen LogP contribution in [0.15, 0.2) is 39.2 Å².